The molecule has 0 rings (SSSR count). The van der Waals surface area contributed by atoms with Crippen molar-refractivity contribution in [3.63, 3.8) is 0 Å². The van der Waals surface area contributed by atoms with Gasteiger partial charge in [-0.25, -0.2) is 4.79 Å². The number of carboxylic acids is 1. The molecule has 0 fully saturated rings. The van der Waals surface area contributed by atoms with Gasteiger partial charge in [0.25, 0.3) is 0 Å². The summed E-state index contributed by atoms with van der Waals surface area (Å²) in [4.78, 5) is 70.1. The molecule has 0 aliphatic heterocycles. The number of nitrogens with one attached hydrogen (secondary N) is 3. The van der Waals surface area contributed by atoms with Crippen LogP contribution in [0.3, 0.4) is 0 Å². The SMILES string of the molecule is CSCCC(NC(=O)C(C)NC(=O)C(CC(N)=O)NC(=O)C(N)CCC(N)=O)C(=O)O. The molecule has 10 N–H and O–H groups in total. The third kappa shape index (κ3) is 11.8. The molecule has 176 valence electrons. The van der Waals surface area contributed by atoms with Crippen molar-refractivity contribution in [2.24, 2.45) is 17.2 Å². The molecule has 0 bridgehead atoms. The van der Waals surface area contributed by atoms with Gasteiger partial charge in [-0.2, -0.15) is 11.8 Å². The molecule has 5 amide bonds. The highest BCUT2D eigenvalue weighted by Crippen LogP contribution is 2.02. The lowest BCUT2D eigenvalue weighted by Gasteiger charge is -2.23. The molecule has 4 unspecified atom stereocenters. The van der Waals surface area contributed by atoms with E-state index in [1.807, 2.05) is 0 Å². The Kier molecular flexibility index (Phi) is 12.9. The van der Waals surface area contributed by atoms with Crippen LogP contribution in [0.25, 0.3) is 0 Å². The number of carbonyl (C=O) groups is 6. The standard InChI is InChI=1S/C17H30N6O7S/c1-8(14(26)22-10(17(29)30)5-6-31-2)21-16(28)11(7-13(20)25)23-15(27)9(18)3-4-12(19)24/h8-11H,3-7,18H2,1-2H3,(H2,19,24)(H2,20,25)(H,21,28)(H,22,26)(H,23,27)(H,29,30). The number of amides is 5. The van der Waals surface area contributed by atoms with Gasteiger partial charge in [-0.1, -0.05) is 0 Å². The van der Waals surface area contributed by atoms with Crippen LogP contribution in [0.1, 0.15) is 32.6 Å². The number of carbonyl (C=O) groups excluding carboxylic acids is 5. The summed E-state index contributed by atoms with van der Waals surface area (Å²) < 4.78 is 0. The summed E-state index contributed by atoms with van der Waals surface area (Å²) in [5, 5.41) is 16.0. The van der Waals surface area contributed by atoms with E-state index in [0.717, 1.165) is 0 Å². The molecule has 0 heterocycles. The third-order valence-corrected chi connectivity index (χ3v) is 4.70. The van der Waals surface area contributed by atoms with Crippen molar-refractivity contribution < 1.29 is 33.9 Å². The van der Waals surface area contributed by atoms with Crippen molar-refractivity contribution in [1.29, 1.82) is 0 Å². The maximum absolute atomic E-state index is 12.5. The molecular formula is C17H30N6O7S. The minimum Gasteiger partial charge on any atom is -0.480 e. The topological polar surface area (TPSA) is 237 Å². The molecule has 0 saturated heterocycles. The highest BCUT2D eigenvalue weighted by molar-refractivity contribution is 7.98. The van der Waals surface area contributed by atoms with E-state index >= 15 is 0 Å². The second-order valence-electron chi connectivity index (χ2n) is 6.75. The van der Waals surface area contributed by atoms with Crippen molar-refractivity contribution in [1.82, 2.24) is 16.0 Å². The van der Waals surface area contributed by atoms with Crippen molar-refractivity contribution in [3.8, 4) is 0 Å². The van der Waals surface area contributed by atoms with Crippen molar-refractivity contribution >= 4 is 47.3 Å². The first-order valence-electron chi connectivity index (χ1n) is 9.34. The fourth-order valence-corrected chi connectivity index (χ4v) is 2.76. The van der Waals surface area contributed by atoms with Crippen LogP contribution in [0.5, 0.6) is 0 Å². The van der Waals surface area contributed by atoms with Gasteiger partial charge in [-0.05, 0) is 31.8 Å². The predicted molar refractivity (Wildman–Crippen MR) is 112 cm³/mol. The van der Waals surface area contributed by atoms with Crippen LogP contribution in [0, 0.1) is 0 Å². The van der Waals surface area contributed by atoms with E-state index in [4.69, 9.17) is 17.2 Å². The van der Waals surface area contributed by atoms with E-state index in [0.29, 0.717) is 5.75 Å². The molecule has 0 aromatic carbocycles. The fourth-order valence-electron chi connectivity index (χ4n) is 2.29. The van der Waals surface area contributed by atoms with E-state index < -0.39 is 66.1 Å². The monoisotopic (exact) mass is 462 g/mol. The minimum atomic E-state index is -1.42. The van der Waals surface area contributed by atoms with E-state index in [1.54, 1.807) is 6.26 Å². The van der Waals surface area contributed by atoms with E-state index in [2.05, 4.69) is 16.0 Å². The minimum absolute atomic E-state index is 0.0719. The van der Waals surface area contributed by atoms with Crippen molar-refractivity contribution in [2.75, 3.05) is 12.0 Å². The maximum atomic E-state index is 12.5. The summed E-state index contributed by atoms with van der Waals surface area (Å²) in [7, 11) is 0. The second-order valence-corrected chi connectivity index (χ2v) is 7.74. The van der Waals surface area contributed by atoms with Crippen LogP contribution in [0.15, 0.2) is 0 Å². The molecule has 0 aliphatic carbocycles. The van der Waals surface area contributed by atoms with Gasteiger partial charge >= 0.3 is 5.97 Å². The number of hydrogen-bond acceptors (Lipinski definition) is 8. The zero-order valence-corrected chi connectivity index (χ0v) is 18.2. The van der Waals surface area contributed by atoms with Gasteiger partial charge < -0.3 is 38.3 Å². The summed E-state index contributed by atoms with van der Waals surface area (Å²) in [6, 6.07) is -4.89. The molecule has 0 aliphatic rings. The average Bonchev–Trinajstić information content (AvgIpc) is 2.67. The first-order chi connectivity index (χ1) is 14.4. The molecule has 0 aromatic rings. The maximum Gasteiger partial charge on any atom is 0.326 e. The van der Waals surface area contributed by atoms with Gasteiger partial charge in [-0.3, -0.25) is 24.0 Å². The smallest absolute Gasteiger partial charge is 0.326 e. The van der Waals surface area contributed by atoms with Crippen molar-refractivity contribution in [3.05, 3.63) is 0 Å². The van der Waals surface area contributed by atoms with Crippen molar-refractivity contribution in [2.45, 2.75) is 56.8 Å². The summed E-state index contributed by atoms with van der Waals surface area (Å²) >= 11 is 1.41. The zero-order chi connectivity index (χ0) is 24.1. The summed E-state index contributed by atoms with van der Waals surface area (Å²) in [5.74, 6) is -4.75. The Hall–Kier alpha value is -2.87. The third-order valence-electron chi connectivity index (χ3n) is 4.05. The number of rotatable bonds is 15. The molecular weight excluding hydrogens is 432 g/mol. The Morgan fingerprint density at radius 3 is 1.94 bits per heavy atom. The van der Waals surface area contributed by atoms with Gasteiger partial charge in [0.15, 0.2) is 0 Å². The molecule has 31 heavy (non-hydrogen) atoms. The Labute approximate surface area is 183 Å². The lowest BCUT2D eigenvalue weighted by Crippen LogP contribution is -2.57. The molecule has 4 atom stereocenters. The number of nitrogens with two attached hydrogens (primary N) is 3. The predicted octanol–water partition coefficient (Wildman–Crippen LogP) is -3.23. The number of thioether (sulfide) groups is 1. The first-order valence-corrected chi connectivity index (χ1v) is 10.7. The van der Waals surface area contributed by atoms with Crippen LogP contribution in [0.4, 0.5) is 0 Å². The van der Waals surface area contributed by atoms with E-state index in [-0.39, 0.29) is 19.3 Å². The molecule has 0 radical (unpaired) electrons. The Morgan fingerprint density at radius 1 is 0.871 bits per heavy atom. The second kappa shape index (κ2) is 14.2. The molecule has 14 heteroatoms. The highest BCUT2D eigenvalue weighted by atomic mass is 32.2. The van der Waals surface area contributed by atoms with E-state index in [1.165, 1.54) is 18.7 Å². The summed E-state index contributed by atoms with van der Waals surface area (Å²) in [6.45, 7) is 1.31. The molecule has 13 nitrogen and oxygen atoms in total. The Balaban J connectivity index is 5.03. The first kappa shape index (κ1) is 28.1. The molecule has 0 aromatic heterocycles. The summed E-state index contributed by atoms with van der Waals surface area (Å²) in [6.07, 6.45) is 1.18. The largest absolute Gasteiger partial charge is 0.480 e. The van der Waals surface area contributed by atoms with Gasteiger partial charge in [0.2, 0.25) is 29.5 Å². The normalized spacial score (nSPS) is 14.4. The molecule has 0 spiro atoms. The fraction of sp³-hybridized carbons (Fsp3) is 0.647. The van der Waals surface area contributed by atoms with Crippen LogP contribution in [-0.2, 0) is 28.8 Å². The molecule has 0 saturated carbocycles. The lowest BCUT2D eigenvalue weighted by molar-refractivity contribution is -0.142. The highest BCUT2D eigenvalue weighted by Gasteiger charge is 2.29. The van der Waals surface area contributed by atoms with E-state index in [9.17, 15) is 33.9 Å². The lowest BCUT2D eigenvalue weighted by atomic mass is 10.1. The van der Waals surface area contributed by atoms with Gasteiger partial charge in [0, 0.05) is 6.42 Å². The number of carboxylic acid groups (broad SMARTS) is 1. The van der Waals surface area contributed by atoms with Crippen LogP contribution < -0.4 is 33.2 Å². The number of hydrogen-bond donors (Lipinski definition) is 7. The number of aliphatic carboxylic acids is 1. The van der Waals surface area contributed by atoms with Crippen LogP contribution >= 0.6 is 11.8 Å². The van der Waals surface area contributed by atoms with Gasteiger partial charge in [0.1, 0.15) is 18.1 Å². The Bertz CT molecular complexity index is 690. The average molecular weight is 463 g/mol. The van der Waals surface area contributed by atoms with Crippen LogP contribution in [0.2, 0.25) is 0 Å². The quantitative estimate of drug-likeness (QED) is 0.129. The van der Waals surface area contributed by atoms with Crippen LogP contribution in [-0.4, -0.2) is 76.8 Å². The van der Waals surface area contributed by atoms with Gasteiger partial charge in [0.05, 0.1) is 12.5 Å². The van der Waals surface area contributed by atoms with Gasteiger partial charge in [-0.15, -0.1) is 0 Å². The zero-order valence-electron chi connectivity index (χ0n) is 17.4. The number of primary amides is 2. The Morgan fingerprint density at radius 2 is 1.45 bits per heavy atom. The summed E-state index contributed by atoms with van der Waals surface area (Å²) in [5.41, 5.74) is 15.7.